The molecule has 2 atom stereocenters. The number of allylic oxidation sites excluding steroid dienone is 1. The number of rotatable bonds is 4. The van der Waals surface area contributed by atoms with E-state index < -0.39 is 5.60 Å². The quantitative estimate of drug-likeness (QED) is 0.598. The van der Waals surface area contributed by atoms with Gasteiger partial charge in [0.25, 0.3) is 0 Å². The number of nitrogens with zero attached hydrogens (tertiary/aromatic N) is 1. The Morgan fingerprint density at radius 2 is 1.92 bits per heavy atom. The van der Waals surface area contributed by atoms with Crippen molar-refractivity contribution in [2.75, 3.05) is 13.1 Å². The summed E-state index contributed by atoms with van der Waals surface area (Å²) in [5, 5.41) is 0. The van der Waals surface area contributed by atoms with Crippen LogP contribution in [0.3, 0.4) is 0 Å². The lowest BCUT2D eigenvalue weighted by atomic mass is 9.85. The van der Waals surface area contributed by atoms with Crippen molar-refractivity contribution in [2.45, 2.75) is 46.3 Å². The summed E-state index contributed by atoms with van der Waals surface area (Å²) in [5.74, 6) is -0.515. The molecule has 1 aromatic rings. The minimum Gasteiger partial charge on any atom is -0.461 e. The van der Waals surface area contributed by atoms with Crippen LogP contribution in [0.4, 0.5) is 4.79 Å². The van der Waals surface area contributed by atoms with Crippen LogP contribution in [0.2, 0.25) is 0 Å². The van der Waals surface area contributed by atoms with Crippen molar-refractivity contribution >= 4 is 12.1 Å². The first-order valence-electron chi connectivity index (χ1n) is 9.11. The Hall–Kier alpha value is -2.30. The second-order valence-corrected chi connectivity index (χ2v) is 7.60. The summed E-state index contributed by atoms with van der Waals surface area (Å²) >= 11 is 0. The molecule has 1 fully saturated rings. The molecular formula is C21H29NO4. The van der Waals surface area contributed by atoms with Crippen molar-refractivity contribution in [1.29, 1.82) is 0 Å². The molecule has 0 radical (unpaired) electrons. The van der Waals surface area contributed by atoms with Crippen molar-refractivity contribution in [3.8, 4) is 0 Å². The van der Waals surface area contributed by atoms with Gasteiger partial charge in [-0.15, -0.1) is 0 Å². The van der Waals surface area contributed by atoms with Crippen LogP contribution in [0.1, 0.15) is 39.7 Å². The number of benzene rings is 1. The van der Waals surface area contributed by atoms with Crippen LogP contribution in [0.5, 0.6) is 0 Å². The molecule has 1 aliphatic heterocycles. The minimum atomic E-state index is -0.529. The topological polar surface area (TPSA) is 55.8 Å². The largest absolute Gasteiger partial charge is 0.461 e. The molecule has 1 aliphatic rings. The Morgan fingerprint density at radius 3 is 2.54 bits per heavy atom. The van der Waals surface area contributed by atoms with E-state index in [-0.39, 0.29) is 30.5 Å². The molecule has 2 rings (SSSR count). The highest BCUT2D eigenvalue weighted by molar-refractivity contribution is 5.74. The number of carbonyl (C=O) groups excluding carboxylic acids is 2. The van der Waals surface area contributed by atoms with Crippen molar-refractivity contribution < 1.29 is 19.1 Å². The van der Waals surface area contributed by atoms with Gasteiger partial charge in [-0.2, -0.15) is 0 Å². The average Bonchev–Trinajstić information content (AvgIpc) is 2.59. The van der Waals surface area contributed by atoms with Crippen LogP contribution >= 0.6 is 0 Å². The standard InChI is InChI=1S/C21H29NO4/c1-5-9-17-14-22(20(24)26-21(2,3)4)13-12-18(17)19(23)25-15-16-10-7-6-8-11-16/h5-11,17-18H,12-15H2,1-4H3/t17-,18-/m0/s1. The van der Waals surface area contributed by atoms with E-state index in [1.165, 1.54) is 0 Å². The molecule has 5 heteroatoms. The van der Waals surface area contributed by atoms with Gasteiger partial charge < -0.3 is 14.4 Å². The van der Waals surface area contributed by atoms with E-state index in [9.17, 15) is 9.59 Å². The monoisotopic (exact) mass is 359 g/mol. The van der Waals surface area contributed by atoms with Gasteiger partial charge in [0, 0.05) is 19.0 Å². The molecule has 1 heterocycles. The van der Waals surface area contributed by atoms with E-state index in [1.54, 1.807) is 4.90 Å². The molecule has 142 valence electrons. The third-order valence-electron chi connectivity index (χ3n) is 4.28. The molecule has 0 saturated carbocycles. The van der Waals surface area contributed by atoms with Crippen molar-refractivity contribution in [3.63, 3.8) is 0 Å². The zero-order valence-electron chi connectivity index (χ0n) is 16.1. The SMILES string of the molecule is CC=C[C@H]1CN(C(=O)OC(C)(C)C)CC[C@@H]1C(=O)OCc1ccccc1. The maximum Gasteiger partial charge on any atom is 0.410 e. The summed E-state index contributed by atoms with van der Waals surface area (Å²) in [7, 11) is 0. The normalized spacial score (nSPS) is 20.8. The molecule has 0 aromatic heterocycles. The summed E-state index contributed by atoms with van der Waals surface area (Å²) in [6, 6.07) is 9.64. The molecule has 26 heavy (non-hydrogen) atoms. The van der Waals surface area contributed by atoms with Gasteiger partial charge in [-0.1, -0.05) is 42.5 Å². The van der Waals surface area contributed by atoms with Gasteiger partial charge in [0.15, 0.2) is 0 Å². The predicted molar refractivity (Wildman–Crippen MR) is 100 cm³/mol. The van der Waals surface area contributed by atoms with E-state index in [2.05, 4.69) is 0 Å². The lowest BCUT2D eigenvalue weighted by Gasteiger charge is -2.36. The Morgan fingerprint density at radius 1 is 1.23 bits per heavy atom. The summed E-state index contributed by atoms with van der Waals surface area (Å²) in [6.45, 7) is 8.69. The molecule has 5 nitrogen and oxygen atoms in total. The van der Waals surface area contributed by atoms with Gasteiger partial charge >= 0.3 is 12.1 Å². The molecule has 1 saturated heterocycles. The Kier molecular flexibility index (Phi) is 6.83. The number of hydrogen-bond donors (Lipinski definition) is 0. The smallest absolute Gasteiger partial charge is 0.410 e. The zero-order chi connectivity index (χ0) is 19.2. The third kappa shape index (κ3) is 5.90. The number of hydrogen-bond acceptors (Lipinski definition) is 4. The highest BCUT2D eigenvalue weighted by atomic mass is 16.6. The highest BCUT2D eigenvalue weighted by Crippen LogP contribution is 2.27. The Balaban J connectivity index is 1.97. The van der Waals surface area contributed by atoms with Gasteiger partial charge in [0.2, 0.25) is 0 Å². The summed E-state index contributed by atoms with van der Waals surface area (Å²) in [5.41, 5.74) is 0.438. The van der Waals surface area contributed by atoms with Crippen molar-refractivity contribution in [1.82, 2.24) is 4.90 Å². The second-order valence-electron chi connectivity index (χ2n) is 7.60. The van der Waals surface area contributed by atoms with Crippen LogP contribution < -0.4 is 0 Å². The Labute approximate surface area is 156 Å². The predicted octanol–water partition coefficient (Wildman–Crippen LogP) is 4.18. The van der Waals surface area contributed by atoms with E-state index in [0.29, 0.717) is 19.5 Å². The van der Waals surface area contributed by atoms with E-state index >= 15 is 0 Å². The van der Waals surface area contributed by atoms with Crippen LogP contribution in [0.25, 0.3) is 0 Å². The summed E-state index contributed by atoms with van der Waals surface area (Å²) in [6.07, 6.45) is 4.14. The number of amides is 1. The van der Waals surface area contributed by atoms with Gasteiger partial charge in [-0.05, 0) is 39.7 Å². The molecule has 0 spiro atoms. The lowest BCUT2D eigenvalue weighted by Crippen LogP contribution is -2.47. The van der Waals surface area contributed by atoms with Crippen LogP contribution in [-0.2, 0) is 20.9 Å². The molecular weight excluding hydrogens is 330 g/mol. The molecule has 0 unspecified atom stereocenters. The maximum absolute atomic E-state index is 12.6. The second kappa shape index (κ2) is 8.88. The number of piperidine rings is 1. The number of likely N-dealkylation sites (tertiary alicyclic amines) is 1. The molecule has 1 aromatic carbocycles. The fraction of sp³-hybridized carbons (Fsp3) is 0.524. The first kappa shape index (κ1) is 20.0. The van der Waals surface area contributed by atoms with Crippen LogP contribution in [0.15, 0.2) is 42.5 Å². The molecule has 0 aliphatic carbocycles. The van der Waals surface area contributed by atoms with Gasteiger partial charge in [0.1, 0.15) is 12.2 Å². The number of carbonyl (C=O) groups is 2. The molecule has 0 N–H and O–H groups in total. The lowest BCUT2D eigenvalue weighted by molar-refractivity contribution is -0.153. The minimum absolute atomic E-state index is 0.0652. The molecule has 1 amide bonds. The van der Waals surface area contributed by atoms with E-state index in [1.807, 2.05) is 70.2 Å². The third-order valence-corrected chi connectivity index (χ3v) is 4.28. The van der Waals surface area contributed by atoms with Gasteiger partial charge in [-0.25, -0.2) is 4.79 Å². The number of esters is 1. The fourth-order valence-electron chi connectivity index (χ4n) is 3.04. The highest BCUT2D eigenvalue weighted by Gasteiger charge is 2.36. The van der Waals surface area contributed by atoms with Crippen molar-refractivity contribution in [2.24, 2.45) is 11.8 Å². The maximum atomic E-state index is 12.6. The van der Waals surface area contributed by atoms with Gasteiger partial charge in [-0.3, -0.25) is 4.79 Å². The Bertz CT molecular complexity index is 633. The first-order valence-corrected chi connectivity index (χ1v) is 9.11. The van der Waals surface area contributed by atoms with Gasteiger partial charge in [0.05, 0.1) is 5.92 Å². The van der Waals surface area contributed by atoms with Crippen LogP contribution in [0, 0.1) is 11.8 Å². The fourth-order valence-corrected chi connectivity index (χ4v) is 3.04. The van der Waals surface area contributed by atoms with Crippen molar-refractivity contribution in [3.05, 3.63) is 48.0 Å². The van der Waals surface area contributed by atoms with E-state index in [0.717, 1.165) is 5.56 Å². The van der Waals surface area contributed by atoms with Crippen LogP contribution in [-0.4, -0.2) is 35.7 Å². The first-order chi connectivity index (χ1) is 12.3. The number of ether oxygens (including phenoxy) is 2. The van der Waals surface area contributed by atoms with E-state index in [4.69, 9.17) is 9.47 Å². The summed E-state index contributed by atoms with van der Waals surface area (Å²) < 4.78 is 11.0. The molecule has 0 bridgehead atoms. The summed E-state index contributed by atoms with van der Waals surface area (Å²) in [4.78, 5) is 26.6. The average molecular weight is 359 g/mol. The zero-order valence-corrected chi connectivity index (χ0v) is 16.1.